The predicted octanol–water partition coefficient (Wildman–Crippen LogP) is 6.47. The molecule has 0 bridgehead atoms. The van der Waals surface area contributed by atoms with Gasteiger partial charge in [-0.3, -0.25) is 4.79 Å². The van der Waals surface area contributed by atoms with Crippen molar-refractivity contribution < 1.29 is 22.8 Å². The number of hydrogen-bond donors (Lipinski definition) is 0. The third-order valence-corrected chi connectivity index (χ3v) is 7.38. The number of aryl methyl sites for hydroxylation is 2. The SMILES string of the molecule is Cc1cn(Cc2c(Cl)ccc(C(=O)N3CCC(CC=O)CC3)c2Cl)c2c(C)nc(C(F)(F)F)cc12. The van der Waals surface area contributed by atoms with E-state index in [1.165, 1.54) is 6.92 Å². The van der Waals surface area contributed by atoms with Crippen molar-refractivity contribution in [3.63, 3.8) is 0 Å². The number of hydrogen-bond acceptors (Lipinski definition) is 3. The lowest BCUT2D eigenvalue weighted by Crippen LogP contribution is -2.38. The maximum atomic E-state index is 13.3. The zero-order chi connectivity index (χ0) is 25.5. The van der Waals surface area contributed by atoms with E-state index in [1.807, 2.05) is 0 Å². The summed E-state index contributed by atoms with van der Waals surface area (Å²) in [7, 11) is 0. The van der Waals surface area contributed by atoms with Gasteiger partial charge in [-0.15, -0.1) is 0 Å². The predicted molar refractivity (Wildman–Crippen MR) is 129 cm³/mol. The van der Waals surface area contributed by atoms with Gasteiger partial charge in [-0.25, -0.2) is 4.98 Å². The van der Waals surface area contributed by atoms with Crippen LogP contribution in [0.25, 0.3) is 10.9 Å². The molecular weight excluding hydrogens is 502 g/mol. The molecule has 186 valence electrons. The van der Waals surface area contributed by atoms with Crippen LogP contribution in [0.5, 0.6) is 0 Å². The Kier molecular flexibility index (Phi) is 7.16. The van der Waals surface area contributed by atoms with Crippen molar-refractivity contribution in [2.75, 3.05) is 13.1 Å². The number of alkyl halides is 3. The largest absolute Gasteiger partial charge is 0.433 e. The van der Waals surface area contributed by atoms with Gasteiger partial charge in [0.15, 0.2) is 0 Å². The minimum atomic E-state index is -4.55. The van der Waals surface area contributed by atoms with Gasteiger partial charge in [0.1, 0.15) is 12.0 Å². The third kappa shape index (κ3) is 5.05. The molecule has 1 aromatic carbocycles. The zero-order valence-electron chi connectivity index (χ0n) is 19.3. The first-order valence-corrected chi connectivity index (χ1v) is 12.0. The van der Waals surface area contributed by atoms with Crippen molar-refractivity contribution >= 4 is 46.3 Å². The van der Waals surface area contributed by atoms with Crippen LogP contribution in [0.3, 0.4) is 0 Å². The molecule has 5 nitrogen and oxygen atoms in total. The summed E-state index contributed by atoms with van der Waals surface area (Å²) in [4.78, 5) is 29.5. The van der Waals surface area contributed by atoms with Gasteiger partial charge >= 0.3 is 6.18 Å². The van der Waals surface area contributed by atoms with Crippen LogP contribution in [0, 0.1) is 19.8 Å². The molecule has 10 heteroatoms. The van der Waals surface area contributed by atoms with E-state index >= 15 is 0 Å². The Labute approximate surface area is 210 Å². The Bertz CT molecular complexity index is 1300. The monoisotopic (exact) mass is 525 g/mol. The van der Waals surface area contributed by atoms with Crippen molar-refractivity contribution in [3.05, 3.63) is 62.5 Å². The molecular formula is C25H24Cl2F3N3O2. The topological polar surface area (TPSA) is 55.2 Å². The van der Waals surface area contributed by atoms with Gasteiger partial charge in [-0.1, -0.05) is 23.2 Å². The summed E-state index contributed by atoms with van der Waals surface area (Å²) < 4.78 is 41.6. The molecule has 35 heavy (non-hydrogen) atoms. The molecule has 0 saturated carbocycles. The summed E-state index contributed by atoms with van der Waals surface area (Å²) in [5, 5.41) is 1.02. The number of likely N-dealkylation sites (tertiary alicyclic amines) is 1. The molecule has 4 rings (SSSR count). The molecule has 1 aliphatic heterocycles. The van der Waals surface area contributed by atoms with Crippen LogP contribution < -0.4 is 0 Å². The molecule has 1 fully saturated rings. The highest BCUT2D eigenvalue weighted by Gasteiger charge is 2.34. The van der Waals surface area contributed by atoms with Gasteiger partial charge in [0.25, 0.3) is 5.91 Å². The molecule has 1 aliphatic rings. The van der Waals surface area contributed by atoms with Crippen LogP contribution >= 0.6 is 23.2 Å². The normalized spacial score (nSPS) is 15.1. The summed E-state index contributed by atoms with van der Waals surface area (Å²) in [5.74, 6) is 0.0754. The van der Waals surface area contributed by atoms with E-state index < -0.39 is 11.9 Å². The first-order valence-electron chi connectivity index (χ1n) is 11.2. The lowest BCUT2D eigenvalue weighted by Gasteiger charge is -2.31. The maximum Gasteiger partial charge on any atom is 0.433 e. The van der Waals surface area contributed by atoms with Crippen molar-refractivity contribution in [2.24, 2.45) is 5.92 Å². The van der Waals surface area contributed by atoms with Crippen LogP contribution in [0.15, 0.2) is 24.4 Å². The second-order valence-electron chi connectivity index (χ2n) is 8.95. The Morgan fingerprint density at radius 3 is 2.51 bits per heavy atom. The van der Waals surface area contributed by atoms with Crippen molar-refractivity contribution in [1.29, 1.82) is 0 Å². The number of aldehydes is 1. The number of nitrogens with zero attached hydrogens (tertiary/aromatic N) is 3. The number of fused-ring (bicyclic) bond motifs is 1. The second-order valence-corrected chi connectivity index (χ2v) is 9.74. The third-order valence-electron chi connectivity index (χ3n) is 6.60. The minimum absolute atomic E-state index is 0.165. The molecule has 2 aromatic heterocycles. The quantitative estimate of drug-likeness (QED) is 0.358. The Morgan fingerprint density at radius 1 is 1.20 bits per heavy atom. The van der Waals surface area contributed by atoms with Crippen LogP contribution in [0.1, 0.15) is 52.1 Å². The standard InChI is InChI=1S/C25H24Cl2F3N3O2/c1-14-12-33(23-15(2)31-21(11-18(14)23)25(28,29)30)13-19-20(26)4-3-17(22(19)27)24(35)32-8-5-16(6-9-32)7-10-34/h3-4,10-12,16H,5-9,13H2,1-2H3. The summed E-state index contributed by atoms with van der Waals surface area (Å²) in [5.41, 5.74) is 1.34. The van der Waals surface area contributed by atoms with Gasteiger partial charge in [-0.05, 0) is 56.4 Å². The average molecular weight is 526 g/mol. The minimum Gasteiger partial charge on any atom is -0.341 e. The fraction of sp³-hybridized carbons (Fsp3) is 0.400. The molecule has 3 aromatic rings. The zero-order valence-corrected chi connectivity index (χ0v) is 20.8. The molecule has 0 aliphatic carbocycles. The Balaban J connectivity index is 1.66. The molecule has 1 amide bonds. The molecule has 0 unspecified atom stereocenters. The summed E-state index contributed by atoms with van der Waals surface area (Å²) in [6, 6.07) is 4.25. The second kappa shape index (κ2) is 9.82. The van der Waals surface area contributed by atoms with E-state index in [9.17, 15) is 22.8 Å². The number of aromatic nitrogens is 2. The van der Waals surface area contributed by atoms with Crippen molar-refractivity contribution in [2.45, 2.75) is 45.8 Å². The number of benzene rings is 1. The molecule has 0 N–H and O–H groups in total. The number of carbonyl (C=O) groups excluding carboxylic acids is 2. The van der Waals surface area contributed by atoms with Crippen molar-refractivity contribution in [3.8, 4) is 0 Å². The molecule has 0 atom stereocenters. The average Bonchev–Trinajstić information content (AvgIpc) is 3.12. The van der Waals surface area contributed by atoms with E-state index in [1.54, 1.807) is 34.7 Å². The Morgan fingerprint density at radius 2 is 1.89 bits per heavy atom. The summed E-state index contributed by atoms with van der Waals surface area (Å²) in [6.07, 6.45) is 0.108. The lowest BCUT2D eigenvalue weighted by molar-refractivity contribution is -0.141. The van der Waals surface area contributed by atoms with Crippen LogP contribution in [-0.4, -0.2) is 39.7 Å². The number of rotatable bonds is 5. The first kappa shape index (κ1) is 25.5. The van der Waals surface area contributed by atoms with Crippen molar-refractivity contribution in [1.82, 2.24) is 14.5 Å². The van der Waals surface area contributed by atoms with E-state index in [0.29, 0.717) is 52.1 Å². The maximum absolute atomic E-state index is 13.3. The first-order chi connectivity index (χ1) is 16.5. The summed E-state index contributed by atoms with van der Waals surface area (Å²) in [6.45, 7) is 4.51. The number of halogens is 5. The fourth-order valence-corrected chi connectivity index (χ4v) is 5.29. The highest BCUT2D eigenvalue weighted by Crippen LogP contribution is 2.35. The van der Waals surface area contributed by atoms with Gasteiger partial charge < -0.3 is 14.3 Å². The van der Waals surface area contributed by atoms with Gasteiger partial charge in [0, 0.05) is 41.7 Å². The van der Waals surface area contributed by atoms with E-state index in [4.69, 9.17) is 23.2 Å². The smallest absolute Gasteiger partial charge is 0.341 e. The number of piperidine rings is 1. The number of amides is 1. The van der Waals surface area contributed by atoms with E-state index in [-0.39, 0.29) is 29.1 Å². The molecule has 0 spiro atoms. The highest BCUT2D eigenvalue weighted by molar-refractivity contribution is 6.38. The highest BCUT2D eigenvalue weighted by atomic mass is 35.5. The van der Waals surface area contributed by atoms with Crippen LogP contribution in [-0.2, 0) is 17.5 Å². The molecule has 0 radical (unpaired) electrons. The summed E-state index contributed by atoms with van der Waals surface area (Å²) >= 11 is 13.1. The fourth-order valence-electron chi connectivity index (χ4n) is 4.72. The van der Waals surface area contributed by atoms with Crippen LogP contribution in [0.4, 0.5) is 13.2 Å². The van der Waals surface area contributed by atoms with E-state index in [0.717, 1.165) is 25.2 Å². The lowest BCUT2D eigenvalue weighted by atomic mass is 9.94. The van der Waals surface area contributed by atoms with Gasteiger partial charge in [0.05, 0.1) is 28.3 Å². The van der Waals surface area contributed by atoms with Gasteiger partial charge in [0.2, 0.25) is 0 Å². The number of carbonyl (C=O) groups is 2. The van der Waals surface area contributed by atoms with Crippen LogP contribution in [0.2, 0.25) is 10.0 Å². The molecule has 1 saturated heterocycles. The van der Waals surface area contributed by atoms with Gasteiger partial charge in [-0.2, -0.15) is 13.2 Å². The number of pyridine rings is 1. The molecule has 3 heterocycles. The Hall–Kier alpha value is -2.58. The van der Waals surface area contributed by atoms with E-state index in [2.05, 4.69) is 4.98 Å².